The van der Waals surface area contributed by atoms with Crippen molar-refractivity contribution in [1.82, 2.24) is 39.9 Å². The molecular weight excluding hydrogens is 905 g/mol. The van der Waals surface area contributed by atoms with Gasteiger partial charge < -0.3 is 29.9 Å². The summed E-state index contributed by atoms with van der Waals surface area (Å²) in [5.74, 6) is 1.83. The minimum Gasteiger partial charge on any atom is -0.357 e. The van der Waals surface area contributed by atoms with E-state index < -0.39 is 0 Å². The van der Waals surface area contributed by atoms with E-state index in [1.165, 1.54) is 0 Å². The molecule has 0 spiro atoms. The molecule has 0 radical (unpaired) electrons. The molecule has 0 unspecified atom stereocenters. The van der Waals surface area contributed by atoms with Gasteiger partial charge in [-0.1, -0.05) is 243 Å². The second kappa shape index (κ2) is 19.6. The first-order valence-corrected chi connectivity index (χ1v) is 23.9. The molecule has 5 heterocycles. The fourth-order valence-electron chi connectivity index (χ4n) is 9.82. The summed E-state index contributed by atoms with van der Waals surface area (Å²) in [5, 5.41) is 0. The summed E-state index contributed by atoms with van der Waals surface area (Å²) in [5.41, 5.74) is 15.8. The third-order valence-corrected chi connectivity index (χ3v) is 13.0. The van der Waals surface area contributed by atoms with Crippen LogP contribution in [0.2, 0.25) is 0 Å². The SMILES string of the molecule is [Mg+2].c1ccc(C2=C(c3ccccc3)c3nc2nc2[n-]c(nc4nc(nc5[n-]c(n3)c(-c3ccccc3)c5-c3ccccc3)C(c3ccccc3)=C4c3ccccc3)c(-c3ccccc3)c2-c2ccccc2)cc1. The number of hydrogen-bond acceptors (Lipinski definition) is 6. The Hall–Kier alpha value is -9.15. The number of hydrogen-bond donors (Lipinski definition) is 0. The van der Waals surface area contributed by atoms with Gasteiger partial charge in [0.15, 0.2) is 0 Å². The van der Waals surface area contributed by atoms with Gasteiger partial charge in [-0.05, 0) is 44.5 Å². The normalized spacial score (nSPS) is 12.2. The molecular formula is C64H40MgN8. The van der Waals surface area contributed by atoms with Gasteiger partial charge in [-0.25, -0.2) is 9.97 Å². The predicted molar refractivity (Wildman–Crippen MR) is 293 cm³/mol. The zero-order valence-corrected chi connectivity index (χ0v) is 40.8. The van der Waals surface area contributed by atoms with Crippen LogP contribution in [0.3, 0.4) is 0 Å². The van der Waals surface area contributed by atoms with Crippen molar-refractivity contribution in [2.75, 3.05) is 0 Å². The molecule has 0 aliphatic carbocycles. The Morgan fingerprint density at radius 3 is 0.534 bits per heavy atom. The molecule has 8 aromatic carbocycles. The van der Waals surface area contributed by atoms with Gasteiger partial charge in [0.05, 0.1) is 23.3 Å². The zero-order chi connectivity index (χ0) is 47.8. The first-order valence-electron chi connectivity index (χ1n) is 23.9. The number of fused-ring (bicyclic) bond motifs is 8. The van der Waals surface area contributed by atoms with E-state index >= 15 is 0 Å². The maximum Gasteiger partial charge on any atom is 2.00 e. The van der Waals surface area contributed by atoms with E-state index in [1.807, 2.05) is 146 Å². The summed E-state index contributed by atoms with van der Waals surface area (Å²) in [7, 11) is 0. The van der Waals surface area contributed by atoms with Crippen LogP contribution in [0, 0.1) is 0 Å². The summed E-state index contributed by atoms with van der Waals surface area (Å²) >= 11 is 0. The van der Waals surface area contributed by atoms with Crippen molar-refractivity contribution in [2.24, 2.45) is 0 Å². The van der Waals surface area contributed by atoms with Crippen LogP contribution in [0.25, 0.3) is 89.4 Å². The fraction of sp³-hybridized carbons (Fsp3) is 0. The summed E-state index contributed by atoms with van der Waals surface area (Å²) in [6.07, 6.45) is 0. The Kier molecular flexibility index (Phi) is 12.1. The standard InChI is InChI=1S/C64H40N8.Mg/c1-9-25-41(26-10-1)49-50(42-27-11-2-12-28-42)58-65-57(49)69-59-51(43-29-13-3-14-30-43)52(44-31-15-4-16-32-44)61(66-59)71-63-55(47-37-21-7-22-38-47)56(48-39-23-8-24-40-48)64(68-63)72-62-54(46-35-19-6-20-36-46)53(60(67-62)70-58)45-33-17-5-18-34-45;/h1-40H;/q-2;+2. The summed E-state index contributed by atoms with van der Waals surface area (Å²) < 4.78 is 0. The van der Waals surface area contributed by atoms with E-state index in [2.05, 4.69) is 97.1 Å². The minimum absolute atomic E-state index is 0. The molecule has 338 valence electrons. The predicted octanol–water partition coefficient (Wildman–Crippen LogP) is 13.5. The Bertz CT molecular complexity index is 3510. The Labute approximate surface area is 437 Å². The van der Waals surface area contributed by atoms with Crippen molar-refractivity contribution in [3.8, 4) is 44.5 Å². The van der Waals surface area contributed by atoms with E-state index in [1.54, 1.807) is 0 Å². The number of aromatic nitrogens is 8. The molecule has 73 heavy (non-hydrogen) atoms. The van der Waals surface area contributed by atoms with E-state index in [0.717, 1.165) is 89.1 Å². The average Bonchev–Trinajstić information content (AvgIpc) is 4.20. The summed E-state index contributed by atoms with van der Waals surface area (Å²) in [6, 6.07) is 82.2. The van der Waals surface area contributed by atoms with E-state index in [9.17, 15) is 0 Å². The van der Waals surface area contributed by atoms with Gasteiger partial charge in [0, 0.05) is 67.1 Å². The van der Waals surface area contributed by atoms with Gasteiger partial charge in [-0.2, -0.15) is 0 Å². The van der Waals surface area contributed by atoms with Crippen LogP contribution in [-0.4, -0.2) is 53.0 Å². The van der Waals surface area contributed by atoms with Crippen molar-refractivity contribution in [3.63, 3.8) is 0 Å². The van der Waals surface area contributed by atoms with Crippen molar-refractivity contribution in [1.29, 1.82) is 0 Å². The Balaban J connectivity index is 0.00000543. The van der Waals surface area contributed by atoms with Gasteiger partial charge in [0.25, 0.3) is 0 Å². The molecule has 0 fully saturated rings. The topological polar surface area (TPSA) is 106 Å². The van der Waals surface area contributed by atoms with Crippen LogP contribution in [0.1, 0.15) is 45.6 Å². The van der Waals surface area contributed by atoms with E-state index in [0.29, 0.717) is 45.9 Å². The number of nitrogens with zero attached hydrogens (tertiary/aromatic N) is 8. The monoisotopic (exact) mass is 944 g/mol. The molecule has 3 aromatic heterocycles. The van der Waals surface area contributed by atoms with Crippen LogP contribution in [0.4, 0.5) is 0 Å². The number of rotatable bonds is 8. The van der Waals surface area contributed by atoms with Crippen LogP contribution < -0.4 is 9.97 Å². The first-order chi connectivity index (χ1) is 35.7. The summed E-state index contributed by atoms with van der Waals surface area (Å²) in [6.45, 7) is 0. The number of benzene rings is 8. The molecule has 0 amide bonds. The van der Waals surface area contributed by atoms with Crippen molar-refractivity contribution < 1.29 is 0 Å². The molecule has 0 atom stereocenters. The third-order valence-electron chi connectivity index (χ3n) is 13.0. The van der Waals surface area contributed by atoms with Crippen LogP contribution in [0.5, 0.6) is 0 Å². The maximum absolute atomic E-state index is 5.58. The third kappa shape index (κ3) is 8.36. The molecule has 8 nitrogen and oxygen atoms in total. The van der Waals surface area contributed by atoms with Gasteiger partial charge in [-0.3, -0.25) is 0 Å². The average molecular weight is 945 g/mol. The molecule has 0 N–H and O–H groups in total. The zero-order valence-electron chi connectivity index (χ0n) is 39.4. The first kappa shape index (κ1) is 45.0. The second-order valence-corrected chi connectivity index (χ2v) is 17.4. The molecule has 0 saturated heterocycles. The van der Waals surface area contributed by atoms with Gasteiger partial charge in [-0.15, -0.1) is 0 Å². The van der Waals surface area contributed by atoms with Crippen LogP contribution >= 0.6 is 0 Å². The van der Waals surface area contributed by atoms with Crippen LogP contribution in [0.15, 0.2) is 243 Å². The second-order valence-electron chi connectivity index (χ2n) is 17.4. The molecule has 0 saturated carbocycles. The Morgan fingerprint density at radius 1 is 0.192 bits per heavy atom. The smallest absolute Gasteiger partial charge is 0.357 e. The van der Waals surface area contributed by atoms with E-state index in [-0.39, 0.29) is 23.1 Å². The van der Waals surface area contributed by atoms with E-state index in [4.69, 9.17) is 39.9 Å². The van der Waals surface area contributed by atoms with Gasteiger partial charge >= 0.3 is 23.1 Å². The molecule has 9 heteroatoms. The molecule has 13 rings (SSSR count). The van der Waals surface area contributed by atoms with Crippen molar-refractivity contribution >= 4 is 67.9 Å². The minimum atomic E-state index is 0. The Morgan fingerprint density at radius 2 is 0.356 bits per heavy atom. The fourth-order valence-corrected chi connectivity index (χ4v) is 9.82. The largest absolute Gasteiger partial charge is 2.00 e. The maximum atomic E-state index is 5.58. The van der Waals surface area contributed by atoms with Crippen molar-refractivity contribution in [2.45, 2.75) is 0 Å². The summed E-state index contributed by atoms with van der Waals surface area (Å²) in [4.78, 5) is 44.2. The van der Waals surface area contributed by atoms with Gasteiger partial charge in [0.2, 0.25) is 0 Å². The molecule has 11 aromatic rings. The molecule has 2 aliphatic heterocycles. The van der Waals surface area contributed by atoms with Gasteiger partial charge in [0.1, 0.15) is 0 Å². The molecule has 2 aliphatic rings. The van der Waals surface area contributed by atoms with Crippen molar-refractivity contribution in [3.05, 3.63) is 288 Å². The van der Waals surface area contributed by atoms with Crippen LogP contribution in [-0.2, 0) is 0 Å². The quantitative estimate of drug-likeness (QED) is 0.139. The molecule has 8 bridgehead atoms.